The average molecular weight is 499 g/mol. The van der Waals surface area contributed by atoms with E-state index in [1.54, 1.807) is 0 Å². The van der Waals surface area contributed by atoms with Gasteiger partial charge in [-0.05, 0) is 85.0 Å². The Labute approximate surface area is 215 Å². The molecule has 2 fully saturated rings. The fourth-order valence-electron chi connectivity index (χ4n) is 7.75. The SMILES string of the molecule is Cn1cc2ccccc2c1-c1nc(F)nc(Oc2ccc3c(c2)CC[C@@H]2C3CC[C@@]3(C)C2CC[C@H]3O)n1. The molecule has 2 aromatic heterocycles. The van der Waals surface area contributed by atoms with Crippen molar-refractivity contribution in [1.29, 1.82) is 0 Å². The lowest BCUT2D eigenvalue weighted by molar-refractivity contribution is -0.0226. The second-order valence-corrected chi connectivity index (χ2v) is 11.4. The highest BCUT2D eigenvalue weighted by molar-refractivity contribution is 5.94. The molecule has 0 bridgehead atoms. The Bertz CT molecular complexity index is 1520. The minimum absolute atomic E-state index is 0.0465. The van der Waals surface area contributed by atoms with Crippen LogP contribution in [-0.4, -0.2) is 30.7 Å². The normalized spacial score (nSPS) is 28.5. The largest absolute Gasteiger partial charge is 0.424 e. The van der Waals surface area contributed by atoms with E-state index in [0.29, 0.717) is 23.5 Å². The van der Waals surface area contributed by atoms with Crippen molar-refractivity contribution >= 4 is 10.8 Å². The van der Waals surface area contributed by atoms with Crippen LogP contribution in [0.5, 0.6) is 11.8 Å². The van der Waals surface area contributed by atoms with Crippen LogP contribution < -0.4 is 4.74 Å². The number of ether oxygens (including phenoxy) is 1. The van der Waals surface area contributed by atoms with Gasteiger partial charge in [0, 0.05) is 24.0 Å². The minimum atomic E-state index is -0.866. The summed E-state index contributed by atoms with van der Waals surface area (Å²) in [4.78, 5) is 12.3. The number of fused-ring (bicyclic) bond motifs is 6. The number of aromatic nitrogens is 4. The van der Waals surface area contributed by atoms with Crippen molar-refractivity contribution in [3.63, 3.8) is 0 Å². The van der Waals surface area contributed by atoms with Crippen LogP contribution >= 0.6 is 0 Å². The fourth-order valence-corrected chi connectivity index (χ4v) is 7.75. The first-order chi connectivity index (χ1) is 17.9. The Hall–Kier alpha value is -3.32. The number of hydrogen-bond donors (Lipinski definition) is 1. The van der Waals surface area contributed by atoms with Gasteiger partial charge in [0.05, 0.1) is 11.8 Å². The highest BCUT2D eigenvalue weighted by Gasteiger charge is 2.54. The minimum Gasteiger partial charge on any atom is -0.424 e. The molecule has 3 aliphatic carbocycles. The third-order valence-corrected chi connectivity index (χ3v) is 9.56. The van der Waals surface area contributed by atoms with Gasteiger partial charge in [0.2, 0.25) is 0 Å². The second-order valence-electron chi connectivity index (χ2n) is 11.4. The van der Waals surface area contributed by atoms with Crippen LogP contribution in [0.1, 0.15) is 56.1 Å². The van der Waals surface area contributed by atoms with Crippen molar-refractivity contribution < 1.29 is 14.2 Å². The molecule has 0 saturated heterocycles. The number of aliphatic hydroxyl groups is 1. The molecule has 0 aliphatic heterocycles. The van der Waals surface area contributed by atoms with E-state index in [-0.39, 0.29) is 23.4 Å². The van der Waals surface area contributed by atoms with Crippen LogP contribution in [0, 0.1) is 23.3 Å². The van der Waals surface area contributed by atoms with E-state index < -0.39 is 6.08 Å². The second kappa shape index (κ2) is 8.35. The number of benzene rings is 2. The Kier molecular flexibility index (Phi) is 5.15. The predicted octanol–water partition coefficient (Wildman–Crippen LogP) is 6.18. The van der Waals surface area contributed by atoms with E-state index in [9.17, 15) is 9.50 Å². The third-order valence-electron chi connectivity index (χ3n) is 9.56. The van der Waals surface area contributed by atoms with Gasteiger partial charge in [-0.25, -0.2) is 0 Å². The van der Waals surface area contributed by atoms with E-state index in [2.05, 4.69) is 34.0 Å². The Balaban J connectivity index is 1.18. The summed E-state index contributed by atoms with van der Waals surface area (Å²) in [5, 5.41) is 12.6. The summed E-state index contributed by atoms with van der Waals surface area (Å²) in [6.07, 6.45) is 7.36. The summed E-state index contributed by atoms with van der Waals surface area (Å²) in [5.41, 5.74) is 3.50. The summed E-state index contributed by atoms with van der Waals surface area (Å²) in [6.45, 7) is 2.30. The molecule has 0 spiro atoms. The maximum atomic E-state index is 14.5. The molecular formula is C30H31FN4O2. The van der Waals surface area contributed by atoms with Gasteiger partial charge in [-0.3, -0.25) is 0 Å². The molecule has 4 aromatic rings. The molecule has 0 radical (unpaired) electrons. The molecule has 190 valence electrons. The van der Waals surface area contributed by atoms with Crippen molar-refractivity contribution in [1.82, 2.24) is 19.5 Å². The molecule has 7 heteroatoms. The van der Waals surface area contributed by atoms with Crippen LogP contribution in [0.2, 0.25) is 0 Å². The lowest BCUT2D eigenvalue weighted by Gasteiger charge is -2.50. The van der Waals surface area contributed by atoms with Gasteiger partial charge in [0.25, 0.3) is 0 Å². The molecular weight excluding hydrogens is 467 g/mol. The first-order valence-corrected chi connectivity index (χ1v) is 13.4. The number of halogens is 1. The molecule has 6 nitrogen and oxygen atoms in total. The summed E-state index contributed by atoms with van der Waals surface area (Å²) in [6, 6.07) is 14.1. The Morgan fingerprint density at radius 1 is 1.05 bits per heavy atom. The van der Waals surface area contributed by atoms with Gasteiger partial charge in [0.1, 0.15) is 5.75 Å². The highest BCUT2D eigenvalue weighted by Crippen LogP contribution is 2.61. The molecule has 0 amide bonds. The number of aryl methyl sites for hydroxylation is 2. The van der Waals surface area contributed by atoms with Crippen LogP contribution in [0.15, 0.2) is 48.7 Å². The molecule has 2 saturated carbocycles. The van der Waals surface area contributed by atoms with Gasteiger partial charge in [0.15, 0.2) is 5.82 Å². The number of aliphatic hydroxyl groups excluding tert-OH is 1. The highest BCUT2D eigenvalue weighted by atomic mass is 19.1. The van der Waals surface area contributed by atoms with E-state index in [1.165, 1.54) is 11.1 Å². The lowest BCUT2D eigenvalue weighted by Crippen LogP contribution is -2.43. The number of hydrogen-bond acceptors (Lipinski definition) is 5. The summed E-state index contributed by atoms with van der Waals surface area (Å²) >= 11 is 0. The molecule has 37 heavy (non-hydrogen) atoms. The van der Waals surface area contributed by atoms with Crippen LogP contribution in [0.4, 0.5) is 4.39 Å². The van der Waals surface area contributed by atoms with Crippen molar-refractivity contribution in [3.8, 4) is 23.3 Å². The van der Waals surface area contributed by atoms with Crippen LogP contribution in [0.3, 0.4) is 0 Å². The molecule has 5 atom stereocenters. The summed E-state index contributed by atoms with van der Waals surface area (Å²) in [5.74, 6) is 2.63. The van der Waals surface area contributed by atoms with Crippen molar-refractivity contribution in [2.24, 2.45) is 24.3 Å². The Morgan fingerprint density at radius 3 is 2.81 bits per heavy atom. The van der Waals surface area contributed by atoms with Gasteiger partial charge < -0.3 is 14.4 Å². The number of nitrogens with zero attached hydrogens (tertiary/aromatic N) is 4. The van der Waals surface area contributed by atoms with Gasteiger partial charge in [-0.2, -0.15) is 14.4 Å². The Morgan fingerprint density at radius 2 is 1.92 bits per heavy atom. The van der Waals surface area contributed by atoms with Gasteiger partial charge in [-0.1, -0.05) is 37.3 Å². The maximum absolute atomic E-state index is 14.5. The topological polar surface area (TPSA) is 73.1 Å². The third kappa shape index (κ3) is 3.58. The summed E-state index contributed by atoms with van der Waals surface area (Å²) < 4.78 is 22.4. The molecule has 2 unspecified atom stereocenters. The number of rotatable bonds is 3. The smallest absolute Gasteiger partial charge is 0.328 e. The van der Waals surface area contributed by atoms with E-state index >= 15 is 0 Å². The average Bonchev–Trinajstić information content (AvgIpc) is 3.38. The molecule has 2 aromatic carbocycles. The van der Waals surface area contributed by atoms with Crippen molar-refractivity contribution in [2.75, 3.05) is 0 Å². The fraction of sp³-hybridized carbons (Fsp3) is 0.433. The molecule has 7 rings (SSSR count). The predicted molar refractivity (Wildman–Crippen MR) is 139 cm³/mol. The maximum Gasteiger partial charge on any atom is 0.328 e. The van der Waals surface area contributed by atoms with Gasteiger partial charge in [-0.15, -0.1) is 4.98 Å². The van der Waals surface area contributed by atoms with E-state index in [4.69, 9.17) is 4.74 Å². The van der Waals surface area contributed by atoms with Gasteiger partial charge >= 0.3 is 12.1 Å². The molecule has 1 N–H and O–H groups in total. The molecule has 2 heterocycles. The zero-order valence-corrected chi connectivity index (χ0v) is 21.2. The van der Waals surface area contributed by atoms with Crippen LogP contribution in [-0.2, 0) is 13.5 Å². The zero-order chi connectivity index (χ0) is 25.3. The quantitative estimate of drug-likeness (QED) is 0.365. The monoisotopic (exact) mass is 498 g/mol. The van der Waals surface area contributed by atoms with Crippen molar-refractivity contribution in [2.45, 2.75) is 57.5 Å². The zero-order valence-electron chi connectivity index (χ0n) is 21.2. The molecule has 3 aliphatic rings. The van der Waals surface area contributed by atoms with Crippen molar-refractivity contribution in [3.05, 3.63) is 65.9 Å². The first kappa shape index (κ1) is 22.8. The van der Waals surface area contributed by atoms with E-state index in [1.807, 2.05) is 48.1 Å². The first-order valence-electron chi connectivity index (χ1n) is 13.4. The summed E-state index contributed by atoms with van der Waals surface area (Å²) in [7, 11) is 1.90. The van der Waals surface area contributed by atoms with E-state index in [0.717, 1.165) is 55.0 Å². The standard InChI is InChI=1S/C30H31FN4O2/c1-30-14-13-22-20-10-8-19(15-17(20)7-9-23(22)24(30)11-12-25(30)36)37-29-33-27(32-28(31)34-29)26-21-6-4-3-5-18(21)16-35(26)2/h3-6,8,10,15-16,22-25,36H,7,9,11-14H2,1-2H3/t22?,23-,24?,25-,30+/m1/s1. The van der Waals surface area contributed by atoms with Crippen LogP contribution in [0.25, 0.3) is 22.3 Å². The lowest BCUT2D eigenvalue weighted by atomic mass is 9.55.